The molecule has 4 rings (SSSR count). The first kappa shape index (κ1) is 17.3. The first-order chi connectivity index (χ1) is 13.0. The molecule has 3 aromatic rings. The normalized spacial score (nSPS) is 14.8. The molecule has 2 aromatic heterocycles. The van der Waals surface area contributed by atoms with Crippen molar-refractivity contribution >= 4 is 17.7 Å². The van der Waals surface area contributed by atoms with Crippen LogP contribution in [0.15, 0.2) is 30.6 Å². The Bertz CT molecular complexity index is 954. The molecule has 1 aromatic carbocycles. The fourth-order valence-electron chi connectivity index (χ4n) is 2.85. The van der Waals surface area contributed by atoms with Gasteiger partial charge in [-0.05, 0) is 25.8 Å². The Morgan fingerprint density at radius 1 is 1.22 bits per heavy atom. The summed E-state index contributed by atoms with van der Waals surface area (Å²) < 4.78 is 27.0. The highest BCUT2D eigenvalue weighted by atomic mass is 19.1. The van der Waals surface area contributed by atoms with Crippen molar-refractivity contribution in [2.45, 2.75) is 31.7 Å². The third kappa shape index (κ3) is 3.71. The summed E-state index contributed by atoms with van der Waals surface area (Å²) in [5.74, 6) is 0.755. The molecule has 2 N–H and O–H groups in total. The molecule has 2 heterocycles. The Morgan fingerprint density at radius 3 is 2.78 bits per heavy atom. The van der Waals surface area contributed by atoms with E-state index in [0.717, 1.165) is 11.8 Å². The molecule has 9 heteroatoms. The maximum absolute atomic E-state index is 14.0. The second kappa shape index (κ2) is 6.90. The van der Waals surface area contributed by atoms with Crippen LogP contribution in [0.1, 0.15) is 43.0 Å². The molecule has 1 aliphatic rings. The van der Waals surface area contributed by atoms with Gasteiger partial charge in [0.1, 0.15) is 18.0 Å². The number of benzene rings is 1. The molecule has 1 aliphatic carbocycles. The number of anilines is 3. The van der Waals surface area contributed by atoms with Crippen molar-refractivity contribution in [2.24, 2.45) is 0 Å². The molecule has 0 bridgehead atoms. The molecule has 1 saturated carbocycles. The van der Waals surface area contributed by atoms with Crippen LogP contribution in [-0.2, 0) is 0 Å². The highest BCUT2D eigenvalue weighted by Gasteiger charge is 2.26. The van der Waals surface area contributed by atoms with Crippen LogP contribution in [0.4, 0.5) is 26.5 Å². The number of nitrogens with one attached hydrogen (secondary N) is 2. The van der Waals surface area contributed by atoms with Gasteiger partial charge in [-0.25, -0.2) is 18.7 Å². The van der Waals surface area contributed by atoms with Crippen LogP contribution < -0.4 is 10.2 Å². The topological polar surface area (TPSA) is 82.6 Å². The van der Waals surface area contributed by atoms with Crippen molar-refractivity contribution in [1.82, 2.24) is 25.1 Å². The average Bonchev–Trinajstić information content (AvgIpc) is 3.38. The van der Waals surface area contributed by atoms with Gasteiger partial charge in [-0.15, -0.1) is 0 Å². The lowest BCUT2D eigenvalue weighted by molar-refractivity contribution is 0.566. The van der Waals surface area contributed by atoms with Gasteiger partial charge >= 0.3 is 0 Å². The van der Waals surface area contributed by atoms with Crippen LogP contribution in [0, 0.1) is 11.6 Å². The van der Waals surface area contributed by atoms with Gasteiger partial charge in [0, 0.05) is 36.4 Å². The van der Waals surface area contributed by atoms with Crippen molar-refractivity contribution in [2.75, 3.05) is 17.3 Å². The van der Waals surface area contributed by atoms with Gasteiger partial charge in [0.05, 0.1) is 6.04 Å². The first-order valence-corrected chi connectivity index (χ1v) is 8.71. The summed E-state index contributed by atoms with van der Waals surface area (Å²) in [6, 6.07) is 5.02. The zero-order valence-electron chi connectivity index (χ0n) is 14.9. The van der Waals surface area contributed by atoms with Crippen LogP contribution >= 0.6 is 0 Å². The highest BCUT2D eigenvalue weighted by Crippen LogP contribution is 2.40. The van der Waals surface area contributed by atoms with E-state index in [-0.39, 0.29) is 0 Å². The van der Waals surface area contributed by atoms with Gasteiger partial charge < -0.3 is 5.32 Å². The summed E-state index contributed by atoms with van der Waals surface area (Å²) in [4.78, 5) is 14.4. The molecule has 0 spiro atoms. The molecule has 0 amide bonds. The summed E-state index contributed by atoms with van der Waals surface area (Å²) >= 11 is 0. The maximum atomic E-state index is 14.0. The summed E-state index contributed by atoms with van der Waals surface area (Å²) in [6.45, 7) is 1.75. The molecule has 0 saturated heterocycles. The second-order valence-electron chi connectivity index (χ2n) is 6.66. The minimum atomic E-state index is -0.620. The van der Waals surface area contributed by atoms with E-state index in [1.165, 1.54) is 31.3 Å². The van der Waals surface area contributed by atoms with E-state index >= 15 is 0 Å². The quantitative estimate of drug-likeness (QED) is 0.688. The van der Waals surface area contributed by atoms with Crippen LogP contribution in [0.5, 0.6) is 0 Å². The van der Waals surface area contributed by atoms with Gasteiger partial charge in [0.25, 0.3) is 0 Å². The summed E-state index contributed by atoms with van der Waals surface area (Å²) in [5.41, 5.74) is 1.44. The van der Waals surface area contributed by atoms with E-state index < -0.39 is 17.7 Å². The van der Waals surface area contributed by atoms with Crippen molar-refractivity contribution in [3.63, 3.8) is 0 Å². The van der Waals surface area contributed by atoms with Gasteiger partial charge in [-0.1, -0.05) is 6.07 Å². The average molecular weight is 371 g/mol. The van der Waals surface area contributed by atoms with Crippen molar-refractivity contribution in [1.29, 1.82) is 0 Å². The molecular formula is C18H19F2N7. The van der Waals surface area contributed by atoms with E-state index in [0.29, 0.717) is 29.2 Å². The van der Waals surface area contributed by atoms with Gasteiger partial charge in [0.2, 0.25) is 11.9 Å². The van der Waals surface area contributed by atoms with E-state index in [2.05, 4.69) is 30.5 Å². The summed E-state index contributed by atoms with van der Waals surface area (Å²) in [7, 11) is 1.81. The van der Waals surface area contributed by atoms with E-state index in [1.54, 1.807) is 11.8 Å². The molecule has 1 unspecified atom stereocenters. The van der Waals surface area contributed by atoms with Crippen LogP contribution in [0.2, 0.25) is 0 Å². The fraction of sp³-hybridized carbons (Fsp3) is 0.333. The number of H-pyrrole nitrogens is 1. The van der Waals surface area contributed by atoms with Gasteiger partial charge in [-0.3, -0.25) is 10.00 Å². The summed E-state index contributed by atoms with van der Waals surface area (Å²) in [5, 5.41) is 10.4. The minimum Gasteiger partial charge on any atom is -0.347 e. The number of rotatable bonds is 6. The second-order valence-corrected chi connectivity index (χ2v) is 6.66. The molecule has 0 aliphatic heterocycles. The smallest absolute Gasteiger partial charge is 0.235 e. The standard InChI is InChI=1S/C18H19F2N7/c1-10(13-6-5-12(19)7-14(13)20)23-17-21-9-22-18(24-17)27(2)16-8-15(25-26-16)11-3-4-11/h5-11H,3-4H2,1-2H3,(H,25,26)(H,21,22,23,24). The molecular weight excluding hydrogens is 352 g/mol. The third-order valence-corrected chi connectivity index (χ3v) is 4.58. The Hall–Kier alpha value is -3.10. The van der Waals surface area contributed by atoms with E-state index in [1.807, 2.05) is 13.1 Å². The zero-order valence-corrected chi connectivity index (χ0v) is 14.9. The van der Waals surface area contributed by atoms with Gasteiger partial charge in [0.15, 0.2) is 5.82 Å². The molecule has 1 atom stereocenters. The Labute approximate surface area is 154 Å². The predicted octanol–water partition coefficient (Wildman–Crippen LogP) is 3.69. The van der Waals surface area contributed by atoms with Crippen LogP contribution in [0.25, 0.3) is 0 Å². The Kier molecular flexibility index (Phi) is 4.43. The van der Waals surface area contributed by atoms with Crippen LogP contribution in [0.3, 0.4) is 0 Å². The largest absolute Gasteiger partial charge is 0.347 e. The lowest BCUT2D eigenvalue weighted by Gasteiger charge is -2.17. The lowest BCUT2D eigenvalue weighted by atomic mass is 10.1. The lowest BCUT2D eigenvalue weighted by Crippen LogP contribution is -2.16. The number of aromatic nitrogens is 5. The molecule has 0 radical (unpaired) electrons. The zero-order chi connectivity index (χ0) is 19.0. The molecule has 140 valence electrons. The molecule has 1 fully saturated rings. The molecule has 27 heavy (non-hydrogen) atoms. The first-order valence-electron chi connectivity index (χ1n) is 8.71. The van der Waals surface area contributed by atoms with E-state index in [4.69, 9.17) is 0 Å². The third-order valence-electron chi connectivity index (χ3n) is 4.58. The van der Waals surface area contributed by atoms with Crippen molar-refractivity contribution in [3.8, 4) is 0 Å². The van der Waals surface area contributed by atoms with Gasteiger partial charge in [-0.2, -0.15) is 10.1 Å². The fourth-order valence-corrected chi connectivity index (χ4v) is 2.85. The van der Waals surface area contributed by atoms with Crippen molar-refractivity contribution < 1.29 is 8.78 Å². The number of aromatic amines is 1. The highest BCUT2D eigenvalue weighted by molar-refractivity contribution is 5.53. The SMILES string of the molecule is CC(Nc1ncnc(N(C)c2cc(C3CC3)[nH]n2)n1)c1ccc(F)cc1F. The maximum Gasteiger partial charge on any atom is 0.235 e. The number of hydrogen-bond acceptors (Lipinski definition) is 6. The van der Waals surface area contributed by atoms with E-state index in [9.17, 15) is 8.78 Å². The Morgan fingerprint density at radius 2 is 2.04 bits per heavy atom. The number of nitrogens with zero attached hydrogens (tertiary/aromatic N) is 5. The predicted molar refractivity (Wildman–Crippen MR) is 96.8 cm³/mol. The van der Waals surface area contributed by atoms with Crippen molar-refractivity contribution in [3.05, 3.63) is 53.5 Å². The number of hydrogen-bond donors (Lipinski definition) is 2. The Balaban J connectivity index is 1.51. The molecule has 7 nitrogen and oxygen atoms in total. The summed E-state index contributed by atoms with van der Waals surface area (Å²) in [6.07, 6.45) is 3.75. The van der Waals surface area contributed by atoms with Crippen LogP contribution in [-0.4, -0.2) is 32.2 Å². The minimum absolute atomic E-state index is 0.293. The monoisotopic (exact) mass is 371 g/mol. The number of halogens is 2.